The van der Waals surface area contributed by atoms with Crippen LogP contribution < -0.4 is 27.4 Å². The van der Waals surface area contributed by atoms with Crippen molar-refractivity contribution in [1.82, 2.24) is 20.9 Å². The molecular formula is C26H38N6O8. The van der Waals surface area contributed by atoms with Gasteiger partial charge >= 0.3 is 5.97 Å². The number of aliphatic hydroxyl groups excluding tert-OH is 1. The number of benzene rings is 1. The number of amides is 5. The Balaban J connectivity index is 2.20. The maximum absolute atomic E-state index is 13.7. The topological polar surface area (TPSA) is 234 Å². The molecule has 0 saturated carbocycles. The number of rotatable bonds is 14. The molecule has 0 aliphatic carbocycles. The van der Waals surface area contributed by atoms with E-state index in [-0.39, 0.29) is 32.2 Å². The Kier molecular flexibility index (Phi) is 12.0. The fourth-order valence-electron chi connectivity index (χ4n) is 4.26. The van der Waals surface area contributed by atoms with Crippen LogP contribution in [0, 0.1) is 0 Å². The van der Waals surface area contributed by atoms with Crippen molar-refractivity contribution in [3.05, 3.63) is 35.9 Å². The van der Waals surface area contributed by atoms with Gasteiger partial charge in [-0.2, -0.15) is 0 Å². The Morgan fingerprint density at radius 2 is 1.65 bits per heavy atom. The highest BCUT2D eigenvalue weighted by atomic mass is 16.4. The van der Waals surface area contributed by atoms with Gasteiger partial charge in [-0.1, -0.05) is 30.3 Å². The summed E-state index contributed by atoms with van der Waals surface area (Å²) in [7, 11) is 0. The van der Waals surface area contributed by atoms with E-state index in [1.165, 1.54) is 18.7 Å². The molecule has 5 amide bonds. The van der Waals surface area contributed by atoms with Crippen molar-refractivity contribution in [3.63, 3.8) is 0 Å². The summed E-state index contributed by atoms with van der Waals surface area (Å²) >= 11 is 0. The number of carbonyl (C=O) groups is 6. The summed E-state index contributed by atoms with van der Waals surface area (Å²) in [6.45, 7) is 2.94. The maximum atomic E-state index is 13.7. The fourth-order valence-corrected chi connectivity index (χ4v) is 4.26. The second-order valence-electron chi connectivity index (χ2n) is 9.84. The third kappa shape index (κ3) is 9.31. The minimum absolute atomic E-state index is 0.0838. The summed E-state index contributed by atoms with van der Waals surface area (Å²) in [6.07, 6.45) is -0.759. The van der Waals surface area contributed by atoms with Crippen molar-refractivity contribution in [2.24, 2.45) is 11.5 Å². The SMILES string of the molecule is C[C@H](NC(=O)[C@@H](N)[C@@H](C)O)C(=O)N[C@@H](Cc1ccccc1)C(=O)N1CCC[C@H]1C(=O)N[C@@H](CCC(N)=O)C(=O)O. The lowest BCUT2D eigenvalue weighted by atomic mass is 10.0. The highest BCUT2D eigenvalue weighted by molar-refractivity contribution is 5.95. The molecule has 0 unspecified atom stereocenters. The van der Waals surface area contributed by atoms with Gasteiger partial charge in [0, 0.05) is 19.4 Å². The van der Waals surface area contributed by atoms with Crippen LogP contribution in [0.25, 0.3) is 0 Å². The predicted molar refractivity (Wildman–Crippen MR) is 142 cm³/mol. The first-order chi connectivity index (χ1) is 18.8. The van der Waals surface area contributed by atoms with Crippen LogP contribution in [-0.2, 0) is 35.2 Å². The third-order valence-electron chi connectivity index (χ3n) is 6.60. The molecule has 1 aliphatic heterocycles. The number of hydrogen-bond donors (Lipinski definition) is 7. The zero-order valence-corrected chi connectivity index (χ0v) is 22.5. The maximum Gasteiger partial charge on any atom is 0.326 e. The van der Waals surface area contributed by atoms with Crippen LogP contribution in [0.3, 0.4) is 0 Å². The highest BCUT2D eigenvalue weighted by Gasteiger charge is 2.39. The second kappa shape index (κ2) is 14.9. The molecule has 220 valence electrons. The molecule has 14 heteroatoms. The molecule has 0 spiro atoms. The summed E-state index contributed by atoms with van der Waals surface area (Å²) in [6, 6.07) is 3.05. The van der Waals surface area contributed by atoms with E-state index in [2.05, 4.69) is 16.0 Å². The van der Waals surface area contributed by atoms with Gasteiger partial charge in [0.05, 0.1) is 6.10 Å². The number of likely N-dealkylation sites (tertiary alicyclic amines) is 1. The van der Waals surface area contributed by atoms with Gasteiger partial charge in [0.1, 0.15) is 30.2 Å². The standard InChI is InChI=1S/C26H38N6O8/c1-14(29-24(37)21(28)15(2)33)22(35)31-18(13-16-7-4-3-5-8-16)25(38)32-12-6-9-19(32)23(36)30-17(26(39)40)10-11-20(27)34/h3-5,7-8,14-15,17-19,21,33H,6,9-13,28H2,1-2H3,(H2,27,34)(H,29,37)(H,30,36)(H,31,35)(H,39,40)/t14-,15+,17-,18-,19-,21-/m0/s1. The quantitative estimate of drug-likeness (QED) is 0.130. The Hall–Kier alpha value is -4.04. The van der Waals surface area contributed by atoms with Gasteiger partial charge in [-0.05, 0) is 38.7 Å². The minimum Gasteiger partial charge on any atom is -0.480 e. The summed E-state index contributed by atoms with van der Waals surface area (Å²) in [5.74, 6) is -4.73. The number of hydrogen-bond acceptors (Lipinski definition) is 8. The predicted octanol–water partition coefficient (Wildman–Crippen LogP) is -2.25. The molecule has 14 nitrogen and oxygen atoms in total. The zero-order valence-electron chi connectivity index (χ0n) is 22.5. The van der Waals surface area contributed by atoms with Crippen LogP contribution in [0.4, 0.5) is 0 Å². The van der Waals surface area contributed by atoms with Gasteiger partial charge in [-0.3, -0.25) is 24.0 Å². The molecule has 1 saturated heterocycles. The van der Waals surface area contributed by atoms with Crippen molar-refractivity contribution in [2.75, 3.05) is 6.54 Å². The Morgan fingerprint density at radius 1 is 1.00 bits per heavy atom. The van der Waals surface area contributed by atoms with Gasteiger partial charge in [0.25, 0.3) is 0 Å². The molecule has 0 aromatic heterocycles. The molecule has 1 heterocycles. The fraction of sp³-hybridized carbons (Fsp3) is 0.538. The van der Waals surface area contributed by atoms with Crippen molar-refractivity contribution >= 4 is 35.5 Å². The normalized spacial score (nSPS) is 18.5. The van der Waals surface area contributed by atoms with Gasteiger partial charge in [0.15, 0.2) is 0 Å². The Morgan fingerprint density at radius 3 is 2.23 bits per heavy atom. The zero-order chi connectivity index (χ0) is 30.0. The molecule has 0 radical (unpaired) electrons. The van der Waals surface area contributed by atoms with Crippen LogP contribution in [-0.4, -0.2) is 93.5 Å². The van der Waals surface area contributed by atoms with Gasteiger partial charge in [-0.25, -0.2) is 4.79 Å². The van der Waals surface area contributed by atoms with Crippen LogP contribution in [0.1, 0.15) is 45.1 Å². The summed E-state index contributed by atoms with van der Waals surface area (Å²) < 4.78 is 0. The van der Waals surface area contributed by atoms with E-state index in [0.29, 0.717) is 6.42 Å². The van der Waals surface area contributed by atoms with Crippen LogP contribution >= 0.6 is 0 Å². The summed E-state index contributed by atoms with van der Waals surface area (Å²) in [5.41, 5.74) is 11.4. The number of carboxylic acids is 1. The van der Waals surface area contributed by atoms with Crippen molar-refractivity contribution in [1.29, 1.82) is 0 Å². The number of aliphatic hydroxyl groups is 1. The first kappa shape index (κ1) is 32.2. The number of carboxylic acid groups (broad SMARTS) is 1. The van der Waals surface area contributed by atoms with Gasteiger partial charge in [-0.15, -0.1) is 0 Å². The molecule has 1 aliphatic rings. The second-order valence-corrected chi connectivity index (χ2v) is 9.84. The smallest absolute Gasteiger partial charge is 0.326 e. The van der Waals surface area contributed by atoms with Crippen LogP contribution in [0.2, 0.25) is 0 Å². The average Bonchev–Trinajstić information content (AvgIpc) is 3.40. The molecule has 1 aromatic rings. The van der Waals surface area contributed by atoms with Crippen molar-refractivity contribution in [3.8, 4) is 0 Å². The molecular weight excluding hydrogens is 524 g/mol. The number of primary amides is 1. The molecule has 1 aromatic carbocycles. The van der Waals surface area contributed by atoms with Crippen molar-refractivity contribution in [2.45, 2.75) is 82.3 Å². The first-order valence-corrected chi connectivity index (χ1v) is 13.0. The van der Waals surface area contributed by atoms with E-state index in [9.17, 15) is 39.0 Å². The number of nitrogens with two attached hydrogens (primary N) is 2. The van der Waals surface area contributed by atoms with Gasteiger partial charge < -0.3 is 42.5 Å². The summed E-state index contributed by atoms with van der Waals surface area (Å²) in [4.78, 5) is 75.8. The van der Waals surface area contributed by atoms with E-state index in [4.69, 9.17) is 11.5 Å². The Labute approximate surface area is 231 Å². The number of nitrogens with one attached hydrogen (secondary N) is 3. The van der Waals surface area contributed by atoms with Crippen LogP contribution in [0.5, 0.6) is 0 Å². The van der Waals surface area contributed by atoms with E-state index < -0.39 is 71.8 Å². The third-order valence-corrected chi connectivity index (χ3v) is 6.60. The lowest BCUT2D eigenvalue weighted by molar-refractivity contribution is -0.145. The van der Waals surface area contributed by atoms with E-state index in [1.807, 2.05) is 0 Å². The molecule has 9 N–H and O–H groups in total. The first-order valence-electron chi connectivity index (χ1n) is 13.0. The average molecular weight is 563 g/mol. The minimum atomic E-state index is -1.37. The lowest BCUT2D eigenvalue weighted by Crippen LogP contribution is -2.58. The molecule has 1 fully saturated rings. The number of aliphatic carboxylic acids is 1. The van der Waals surface area contributed by atoms with Crippen LogP contribution in [0.15, 0.2) is 30.3 Å². The lowest BCUT2D eigenvalue weighted by Gasteiger charge is -2.30. The summed E-state index contributed by atoms with van der Waals surface area (Å²) in [5, 5.41) is 26.4. The molecule has 40 heavy (non-hydrogen) atoms. The van der Waals surface area contributed by atoms with Crippen molar-refractivity contribution < 1.29 is 39.0 Å². The monoisotopic (exact) mass is 562 g/mol. The largest absolute Gasteiger partial charge is 0.480 e. The molecule has 2 rings (SSSR count). The number of nitrogens with zero attached hydrogens (tertiary/aromatic N) is 1. The van der Waals surface area contributed by atoms with E-state index >= 15 is 0 Å². The molecule has 0 bridgehead atoms. The van der Waals surface area contributed by atoms with E-state index in [0.717, 1.165) is 5.56 Å². The molecule has 6 atom stereocenters. The number of carbonyl (C=O) groups excluding carboxylic acids is 5. The highest BCUT2D eigenvalue weighted by Crippen LogP contribution is 2.20. The Bertz CT molecular complexity index is 1080. The van der Waals surface area contributed by atoms with E-state index in [1.54, 1.807) is 30.3 Å². The van der Waals surface area contributed by atoms with Gasteiger partial charge in [0.2, 0.25) is 29.5 Å².